The standard InChI is InChI=1S/C14H20BrN3O3/c1-2-3-12(17-6-4-16-5-7-17)11-8-10(15)9-13(14(11)19)18(20)21/h8-9,12,16,19H,2-7H2,1H3/t12-/m0/s1. The van der Waals surface area contributed by atoms with E-state index in [9.17, 15) is 15.2 Å². The van der Waals surface area contributed by atoms with Crippen molar-refractivity contribution in [1.82, 2.24) is 10.2 Å². The van der Waals surface area contributed by atoms with Crippen LogP contribution in [0.1, 0.15) is 31.4 Å². The van der Waals surface area contributed by atoms with Crippen molar-refractivity contribution in [3.8, 4) is 5.75 Å². The van der Waals surface area contributed by atoms with Crippen LogP contribution >= 0.6 is 15.9 Å². The van der Waals surface area contributed by atoms with Gasteiger partial charge in [-0.3, -0.25) is 15.0 Å². The van der Waals surface area contributed by atoms with Crippen LogP contribution in [0.15, 0.2) is 16.6 Å². The predicted octanol–water partition coefficient (Wildman–Crippen LogP) is 2.81. The molecular weight excluding hydrogens is 338 g/mol. The molecule has 0 bridgehead atoms. The zero-order chi connectivity index (χ0) is 15.4. The predicted molar refractivity (Wildman–Crippen MR) is 84.6 cm³/mol. The van der Waals surface area contributed by atoms with Crippen molar-refractivity contribution >= 4 is 21.6 Å². The average Bonchev–Trinajstić information content (AvgIpc) is 2.47. The lowest BCUT2D eigenvalue weighted by atomic mass is 9.98. The molecule has 1 aliphatic heterocycles. The number of nitrogens with zero attached hydrogens (tertiary/aromatic N) is 2. The lowest BCUT2D eigenvalue weighted by Gasteiger charge is -2.35. The van der Waals surface area contributed by atoms with E-state index in [-0.39, 0.29) is 17.5 Å². The summed E-state index contributed by atoms with van der Waals surface area (Å²) in [6.07, 6.45) is 1.81. The highest BCUT2D eigenvalue weighted by atomic mass is 79.9. The van der Waals surface area contributed by atoms with E-state index in [0.717, 1.165) is 39.0 Å². The number of piperazine rings is 1. The Bertz CT molecular complexity index is 518. The van der Waals surface area contributed by atoms with E-state index in [2.05, 4.69) is 33.1 Å². The minimum atomic E-state index is -0.537. The van der Waals surface area contributed by atoms with Gasteiger partial charge in [0.1, 0.15) is 0 Å². The number of nitro benzene ring substituents is 1. The van der Waals surface area contributed by atoms with Gasteiger partial charge in [0.15, 0.2) is 5.75 Å². The van der Waals surface area contributed by atoms with Gasteiger partial charge < -0.3 is 10.4 Å². The molecule has 0 radical (unpaired) electrons. The molecule has 1 heterocycles. The zero-order valence-corrected chi connectivity index (χ0v) is 13.6. The molecule has 1 aliphatic rings. The van der Waals surface area contributed by atoms with Crippen LogP contribution in [0.2, 0.25) is 0 Å². The van der Waals surface area contributed by atoms with Crippen molar-refractivity contribution in [1.29, 1.82) is 0 Å². The van der Waals surface area contributed by atoms with Gasteiger partial charge >= 0.3 is 5.69 Å². The van der Waals surface area contributed by atoms with Crippen molar-refractivity contribution < 1.29 is 10.0 Å². The van der Waals surface area contributed by atoms with Crippen LogP contribution in [0.3, 0.4) is 0 Å². The molecule has 1 aromatic rings. The van der Waals surface area contributed by atoms with E-state index in [1.165, 1.54) is 6.07 Å². The number of hydrogen-bond acceptors (Lipinski definition) is 5. The molecule has 1 atom stereocenters. The summed E-state index contributed by atoms with van der Waals surface area (Å²) < 4.78 is 0.623. The highest BCUT2D eigenvalue weighted by Gasteiger charge is 2.28. The summed E-state index contributed by atoms with van der Waals surface area (Å²) in [6.45, 7) is 5.64. The number of hydrogen-bond donors (Lipinski definition) is 2. The summed E-state index contributed by atoms with van der Waals surface area (Å²) in [6, 6.07) is 3.15. The molecule has 0 aromatic heterocycles. The lowest BCUT2D eigenvalue weighted by Crippen LogP contribution is -2.45. The van der Waals surface area contributed by atoms with Gasteiger partial charge in [-0.2, -0.15) is 0 Å². The fraction of sp³-hybridized carbons (Fsp3) is 0.571. The van der Waals surface area contributed by atoms with Gasteiger partial charge in [0, 0.05) is 48.3 Å². The van der Waals surface area contributed by atoms with Gasteiger partial charge in [-0.05, 0) is 12.5 Å². The Morgan fingerprint density at radius 1 is 1.48 bits per heavy atom. The number of halogens is 1. The quantitative estimate of drug-likeness (QED) is 0.625. The summed E-state index contributed by atoms with van der Waals surface area (Å²) in [4.78, 5) is 12.8. The second-order valence-corrected chi connectivity index (χ2v) is 6.13. The monoisotopic (exact) mass is 357 g/mol. The molecule has 0 aliphatic carbocycles. The van der Waals surface area contributed by atoms with Crippen molar-refractivity contribution in [2.45, 2.75) is 25.8 Å². The zero-order valence-electron chi connectivity index (χ0n) is 12.0. The fourth-order valence-corrected chi connectivity index (χ4v) is 3.26. The van der Waals surface area contributed by atoms with Crippen molar-refractivity contribution in [3.63, 3.8) is 0 Å². The average molecular weight is 358 g/mol. The Morgan fingerprint density at radius 2 is 2.14 bits per heavy atom. The van der Waals surface area contributed by atoms with Crippen LogP contribution < -0.4 is 5.32 Å². The van der Waals surface area contributed by atoms with Gasteiger partial charge in [-0.15, -0.1) is 0 Å². The van der Waals surface area contributed by atoms with Crippen LogP contribution in [0.25, 0.3) is 0 Å². The Morgan fingerprint density at radius 3 is 2.71 bits per heavy atom. The van der Waals surface area contributed by atoms with E-state index in [1.807, 2.05) is 0 Å². The topological polar surface area (TPSA) is 78.6 Å². The van der Waals surface area contributed by atoms with E-state index in [0.29, 0.717) is 10.0 Å². The summed E-state index contributed by atoms with van der Waals surface area (Å²) in [5.74, 6) is -0.208. The molecular formula is C14H20BrN3O3. The first kappa shape index (κ1) is 16.2. The summed E-state index contributed by atoms with van der Waals surface area (Å²) in [5.41, 5.74) is 0.399. The number of rotatable bonds is 5. The van der Waals surface area contributed by atoms with Gasteiger partial charge in [0.25, 0.3) is 0 Å². The Labute approximate surface area is 132 Å². The first-order valence-corrected chi connectivity index (χ1v) is 7.95. The van der Waals surface area contributed by atoms with E-state index < -0.39 is 4.92 Å². The van der Waals surface area contributed by atoms with Gasteiger partial charge in [0.2, 0.25) is 0 Å². The number of phenolic OH excluding ortho intramolecular Hbond substituents is 1. The molecule has 2 rings (SSSR count). The summed E-state index contributed by atoms with van der Waals surface area (Å²) >= 11 is 3.31. The highest BCUT2D eigenvalue weighted by molar-refractivity contribution is 9.10. The van der Waals surface area contributed by atoms with E-state index in [4.69, 9.17) is 0 Å². The molecule has 0 spiro atoms. The third-order valence-corrected chi connectivity index (χ3v) is 4.25. The van der Waals surface area contributed by atoms with Gasteiger partial charge in [-0.25, -0.2) is 0 Å². The Kier molecular flexibility index (Phi) is 5.55. The second kappa shape index (κ2) is 7.20. The van der Waals surface area contributed by atoms with Crippen molar-refractivity contribution in [2.24, 2.45) is 0 Å². The van der Waals surface area contributed by atoms with Crippen LogP contribution in [0.5, 0.6) is 5.75 Å². The maximum absolute atomic E-state index is 11.1. The lowest BCUT2D eigenvalue weighted by molar-refractivity contribution is -0.386. The molecule has 1 fully saturated rings. The van der Waals surface area contributed by atoms with Crippen molar-refractivity contribution in [2.75, 3.05) is 26.2 Å². The molecule has 1 aromatic carbocycles. The molecule has 7 heteroatoms. The minimum Gasteiger partial charge on any atom is -0.502 e. The maximum Gasteiger partial charge on any atom is 0.312 e. The Balaban J connectivity index is 2.41. The van der Waals surface area contributed by atoms with E-state index >= 15 is 0 Å². The molecule has 2 N–H and O–H groups in total. The van der Waals surface area contributed by atoms with Gasteiger partial charge in [-0.1, -0.05) is 29.3 Å². The number of benzene rings is 1. The normalized spacial score (nSPS) is 17.6. The van der Waals surface area contributed by atoms with Crippen LogP contribution in [0.4, 0.5) is 5.69 Å². The SMILES string of the molecule is CCC[C@@H](c1cc(Br)cc([N+](=O)[O-])c1O)N1CCNCC1. The molecule has 0 unspecified atom stereocenters. The maximum atomic E-state index is 11.1. The molecule has 21 heavy (non-hydrogen) atoms. The molecule has 116 valence electrons. The highest BCUT2D eigenvalue weighted by Crippen LogP contribution is 2.40. The third kappa shape index (κ3) is 3.72. The number of phenols is 1. The molecule has 0 amide bonds. The fourth-order valence-electron chi connectivity index (χ4n) is 2.80. The molecule has 0 saturated carbocycles. The minimum absolute atomic E-state index is 0.00769. The Hall–Kier alpha value is -1.18. The molecule has 1 saturated heterocycles. The van der Waals surface area contributed by atoms with Crippen LogP contribution in [0, 0.1) is 10.1 Å². The number of nitro groups is 1. The first-order valence-electron chi connectivity index (χ1n) is 7.16. The largest absolute Gasteiger partial charge is 0.502 e. The van der Waals surface area contributed by atoms with E-state index in [1.54, 1.807) is 6.07 Å². The smallest absolute Gasteiger partial charge is 0.312 e. The second-order valence-electron chi connectivity index (χ2n) is 5.21. The summed E-state index contributed by atoms with van der Waals surface area (Å²) in [7, 11) is 0. The molecule has 6 nitrogen and oxygen atoms in total. The number of aromatic hydroxyl groups is 1. The van der Waals surface area contributed by atoms with Crippen molar-refractivity contribution in [3.05, 3.63) is 32.3 Å². The van der Waals surface area contributed by atoms with Crippen LogP contribution in [-0.2, 0) is 0 Å². The number of nitrogens with one attached hydrogen (secondary N) is 1. The third-order valence-electron chi connectivity index (χ3n) is 3.79. The van der Waals surface area contributed by atoms with Gasteiger partial charge in [0.05, 0.1) is 4.92 Å². The first-order chi connectivity index (χ1) is 10.0. The summed E-state index contributed by atoms with van der Waals surface area (Å²) in [5, 5.41) is 24.7. The van der Waals surface area contributed by atoms with Crippen LogP contribution in [-0.4, -0.2) is 41.1 Å².